The van der Waals surface area contributed by atoms with Crippen LogP contribution < -0.4 is 4.74 Å². The van der Waals surface area contributed by atoms with Crippen molar-refractivity contribution in [1.29, 1.82) is 0 Å². The molecular weight excluding hydrogens is 244 g/mol. The number of benzene rings is 1. The number of allylic oxidation sites excluding steroid dienone is 1. The molecular formula is C15H16O4. The molecule has 100 valence electrons. The third kappa shape index (κ3) is 2.19. The van der Waals surface area contributed by atoms with Crippen LogP contribution in [0.1, 0.15) is 46.0 Å². The Kier molecular flexibility index (Phi) is 3.53. The first-order valence-electron chi connectivity index (χ1n) is 6.12. The van der Waals surface area contributed by atoms with Crippen molar-refractivity contribution in [3.05, 3.63) is 40.5 Å². The molecule has 1 aromatic rings. The summed E-state index contributed by atoms with van der Waals surface area (Å²) < 4.78 is 5.28. The average molecular weight is 260 g/mol. The van der Waals surface area contributed by atoms with Crippen molar-refractivity contribution < 1.29 is 19.4 Å². The van der Waals surface area contributed by atoms with Gasteiger partial charge >= 0.3 is 0 Å². The molecule has 0 heterocycles. The van der Waals surface area contributed by atoms with Crippen LogP contribution in [-0.4, -0.2) is 30.4 Å². The molecule has 0 atom stereocenters. The minimum absolute atomic E-state index is 0.122. The molecule has 0 bridgehead atoms. The second kappa shape index (κ2) is 4.97. The molecule has 0 radical (unpaired) electrons. The van der Waals surface area contributed by atoms with Crippen LogP contribution in [-0.2, 0) is 0 Å². The maximum Gasteiger partial charge on any atom is 0.192 e. The number of rotatable bonds is 3. The van der Waals surface area contributed by atoms with Crippen LogP contribution in [0.3, 0.4) is 0 Å². The summed E-state index contributed by atoms with van der Waals surface area (Å²) >= 11 is 0. The molecule has 2 rings (SSSR count). The second-order valence-corrected chi connectivity index (χ2v) is 4.82. The van der Waals surface area contributed by atoms with Gasteiger partial charge in [0.15, 0.2) is 11.6 Å². The number of hydrogen-bond donors (Lipinski definition) is 1. The molecule has 0 aromatic heterocycles. The molecule has 1 aliphatic carbocycles. The monoisotopic (exact) mass is 260 g/mol. The molecule has 0 unspecified atom stereocenters. The summed E-state index contributed by atoms with van der Waals surface area (Å²) in [5.41, 5.74) is 1.70. The highest BCUT2D eigenvalue weighted by atomic mass is 16.5. The van der Waals surface area contributed by atoms with E-state index in [9.17, 15) is 9.59 Å². The van der Waals surface area contributed by atoms with Gasteiger partial charge in [-0.25, -0.2) is 0 Å². The Morgan fingerprint density at radius 3 is 2.42 bits per heavy atom. The Hall–Kier alpha value is -1.94. The first-order valence-corrected chi connectivity index (χ1v) is 6.12. The van der Waals surface area contributed by atoms with Crippen molar-refractivity contribution in [2.45, 2.75) is 19.8 Å². The summed E-state index contributed by atoms with van der Waals surface area (Å²) in [6.07, 6.45) is 1.21. The Labute approximate surface area is 111 Å². The minimum Gasteiger partial charge on any atom is -0.496 e. The number of fused-ring (bicyclic) bond motifs is 1. The van der Waals surface area contributed by atoms with E-state index in [-0.39, 0.29) is 23.1 Å². The smallest absolute Gasteiger partial charge is 0.192 e. The van der Waals surface area contributed by atoms with Gasteiger partial charge in [-0.15, -0.1) is 0 Å². The van der Waals surface area contributed by atoms with Crippen molar-refractivity contribution >= 4 is 11.6 Å². The molecule has 0 saturated carbocycles. The van der Waals surface area contributed by atoms with E-state index in [1.165, 1.54) is 13.2 Å². The number of ketones is 2. The van der Waals surface area contributed by atoms with Crippen LogP contribution in [0.15, 0.2) is 23.8 Å². The summed E-state index contributed by atoms with van der Waals surface area (Å²) in [5.74, 6) is 0.217. The van der Waals surface area contributed by atoms with Crippen LogP contribution in [0.2, 0.25) is 0 Å². The number of ether oxygens (including phenoxy) is 1. The largest absolute Gasteiger partial charge is 0.496 e. The van der Waals surface area contributed by atoms with E-state index < -0.39 is 6.61 Å². The Bertz CT molecular complexity index is 582. The maximum absolute atomic E-state index is 12.1. The van der Waals surface area contributed by atoms with Crippen molar-refractivity contribution in [2.75, 3.05) is 13.7 Å². The quantitative estimate of drug-likeness (QED) is 0.904. The third-order valence-corrected chi connectivity index (χ3v) is 3.27. The van der Waals surface area contributed by atoms with Gasteiger partial charge in [-0.05, 0) is 29.7 Å². The van der Waals surface area contributed by atoms with E-state index >= 15 is 0 Å². The molecule has 0 aliphatic heterocycles. The van der Waals surface area contributed by atoms with Gasteiger partial charge < -0.3 is 9.84 Å². The highest BCUT2D eigenvalue weighted by Crippen LogP contribution is 2.33. The van der Waals surface area contributed by atoms with Crippen LogP contribution >= 0.6 is 0 Å². The lowest BCUT2D eigenvalue weighted by Gasteiger charge is -2.19. The minimum atomic E-state index is -0.432. The van der Waals surface area contributed by atoms with E-state index in [0.29, 0.717) is 16.9 Å². The second-order valence-electron chi connectivity index (χ2n) is 4.82. The molecule has 1 aliphatic rings. The lowest BCUT2D eigenvalue weighted by atomic mass is 9.86. The predicted octanol–water partition coefficient (Wildman–Crippen LogP) is 2.12. The van der Waals surface area contributed by atoms with Gasteiger partial charge in [0.25, 0.3) is 0 Å². The topological polar surface area (TPSA) is 63.6 Å². The van der Waals surface area contributed by atoms with Gasteiger partial charge in [0.05, 0.1) is 13.7 Å². The lowest BCUT2D eigenvalue weighted by Crippen LogP contribution is -2.19. The fraction of sp³-hybridized carbons (Fsp3) is 0.333. The third-order valence-electron chi connectivity index (χ3n) is 3.27. The standard InChI is InChI=1S/C15H16O4/c1-8(2)10-5-11-12(6-14(10)19-3)15(18)9(7-16)4-13(11)17/h4-6,8,16H,7H2,1-3H3. The summed E-state index contributed by atoms with van der Waals surface area (Å²) in [4.78, 5) is 24.1. The molecule has 4 heteroatoms. The van der Waals surface area contributed by atoms with E-state index in [1.54, 1.807) is 12.1 Å². The van der Waals surface area contributed by atoms with Crippen molar-refractivity contribution in [2.24, 2.45) is 0 Å². The first kappa shape index (κ1) is 13.5. The molecule has 19 heavy (non-hydrogen) atoms. The van der Waals surface area contributed by atoms with Gasteiger partial charge in [0.2, 0.25) is 0 Å². The molecule has 0 fully saturated rings. The highest BCUT2D eigenvalue weighted by molar-refractivity contribution is 6.24. The lowest BCUT2D eigenvalue weighted by molar-refractivity contribution is 0.0972. The fourth-order valence-electron chi connectivity index (χ4n) is 2.21. The summed E-state index contributed by atoms with van der Waals surface area (Å²) in [6.45, 7) is 3.56. The molecule has 1 aromatic carbocycles. The van der Waals surface area contributed by atoms with Crippen LogP contribution in [0, 0.1) is 0 Å². The zero-order valence-corrected chi connectivity index (χ0v) is 11.2. The fourth-order valence-corrected chi connectivity index (χ4v) is 2.21. The van der Waals surface area contributed by atoms with Crippen molar-refractivity contribution in [1.82, 2.24) is 0 Å². The van der Waals surface area contributed by atoms with Gasteiger partial charge in [-0.1, -0.05) is 13.8 Å². The summed E-state index contributed by atoms with van der Waals surface area (Å²) in [5, 5.41) is 9.10. The van der Waals surface area contributed by atoms with E-state index in [0.717, 1.165) is 5.56 Å². The maximum atomic E-state index is 12.1. The molecule has 4 nitrogen and oxygen atoms in total. The van der Waals surface area contributed by atoms with Gasteiger partial charge in [-0.3, -0.25) is 9.59 Å². The summed E-state index contributed by atoms with van der Waals surface area (Å²) in [7, 11) is 1.53. The molecule has 0 spiro atoms. The van der Waals surface area contributed by atoms with Gasteiger partial charge in [0.1, 0.15) is 5.75 Å². The van der Waals surface area contributed by atoms with E-state index in [1.807, 2.05) is 13.8 Å². The Morgan fingerprint density at radius 2 is 1.89 bits per heavy atom. The Morgan fingerprint density at radius 1 is 1.21 bits per heavy atom. The zero-order valence-electron chi connectivity index (χ0n) is 11.2. The van der Waals surface area contributed by atoms with Crippen molar-refractivity contribution in [3.8, 4) is 5.75 Å². The number of methoxy groups -OCH3 is 1. The Balaban J connectivity index is 2.65. The summed E-state index contributed by atoms with van der Waals surface area (Å²) in [6, 6.07) is 3.30. The zero-order chi connectivity index (χ0) is 14.2. The van der Waals surface area contributed by atoms with Gasteiger partial charge in [-0.2, -0.15) is 0 Å². The first-order chi connectivity index (χ1) is 8.99. The number of hydrogen-bond acceptors (Lipinski definition) is 4. The number of aliphatic hydroxyl groups is 1. The number of carbonyl (C=O) groups is 2. The number of aliphatic hydroxyl groups excluding tert-OH is 1. The van der Waals surface area contributed by atoms with Crippen LogP contribution in [0.25, 0.3) is 0 Å². The molecule has 0 saturated heterocycles. The predicted molar refractivity (Wildman–Crippen MR) is 70.9 cm³/mol. The number of carbonyl (C=O) groups excluding carboxylic acids is 2. The number of Topliss-reactive ketones (excluding diaryl/α,β-unsaturated/α-hetero) is 1. The normalized spacial score (nSPS) is 14.5. The van der Waals surface area contributed by atoms with Gasteiger partial charge in [0, 0.05) is 16.7 Å². The highest BCUT2D eigenvalue weighted by Gasteiger charge is 2.27. The van der Waals surface area contributed by atoms with Crippen molar-refractivity contribution in [3.63, 3.8) is 0 Å². The SMILES string of the molecule is COc1cc2c(cc1C(C)C)C(=O)C=C(CO)C2=O. The van der Waals surface area contributed by atoms with Crippen LogP contribution in [0.4, 0.5) is 0 Å². The van der Waals surface area contributed by atoms with E-state index in [4.69, 9.17) is 9.84 Å². The molecule has 0 amide bonds. The van der Waals surface area contributed by atoms with Crippen LogP contribution in [0.5, 0.6) is 5.75 Å². The average Bonchev–Trinajstić information content (AvgIpc) is 2.41. The van der Waals surface area contributed by atoms with E-state index in [2.05, 4.69) is 0 Å². The molecule has 1 N–H and O–H groups in total.